The monoisotopic (exact) mass is 198 g/mol. The molecule has 0 aromatic rings. The second kappa shape index (κ2) is 4.19. The average Bonchev–Trinajstić information content (AvgIpc) is 2.06. The zero-order valence-corrected chi connectivity index (χ0v) is 10.4. The highest BCUT2D eigenvalue weighted by Gasteiger charge is 2.35. The van der Waals surface area contributed by atoms with Crippen molar-refractivity contribution in [2.24, 2.45) is 11.7 Å². The lowest BCUT2D eigenvalue weighted by molar-refractivity contribution is 0.0263. The Bertz CT molecular complexity index is 183. The quantitative estimate of drug-likeness (QED) is 0.700. The minimum Gasteiger partial charge on any atom is -0.326 e. The van der Waals surface area contributed by atoms with Crippen molar-refractivity contribution in [2.45, 2.75) is 65.1 Å². The van der Waals surface area contributed by atoms with Gasteiger partial charge in [0.05, 0.1) is 0 Å². The Balaban J connectivity index is 2.67. The molecule has 1 saturated heterocycles. The summed E-state index contributed by atoms with van der Waals surface area (Å²) in [6, 6.07) is 1.05. The van der Waals surface area contributed by atoms with Gasteiger partial charge in [-0.05, 0) is 40.0 Å². The first-order chi connectivity index (χ1) is 6.36. The highest BCUT2D eigenvalue weighted by Crippen LogP contribution is 2.29. The zero-order chi connectivity index (χ0) is 10.9. The second-order valence-corrected chi connectivity index (χ2v) is 5.74. The Hall–Kier alpha value is -0.0800. The van der Waals surface area contributed by atoms with Crippen LogP contribution in [-0.4, -0.2) is 29.1 Å². The summed E-state index contributed by atoms with van der Waals surface area (Å²) in [5.41, 5.74) is 6.46. The van der Waals surface area contributed by atoms with Crippen molar-refractivity contribution in [1.29, 1.82) is 0 Å². The Kier molecular flexibility index (Phi) is 3.59. The molecule has 1 heterocycles. The molecule has 1 rings (SSSR count). The summed E-state index contributed by atoms with van der Waals surface area (Å²) in [4.78, 5) is 2.55. The molecular formula is C12H26N2. The first-order valence-corrected chi connectivity index (χ1v) is 5.88. The third kappa shape index (κ3) is 2.48. The Labute approximate surface area is 88.8 Å². The van der Waals surface area contributed by atoms with Crippen LogP contribution >= 0.6 is 0 Å². The van der Waals surface area contributed by atoms with E-state index in [-0.39, 0.29) is 5.54 Å². The topological polar surface area (TPSA) is 29.3 Å². The SMILES string of the molecule is CCC1CC(C)N(C(C)(C)C)CC1N. The van der Waals surface area contributed by atoms with Crippen LogP contribution in [0.1, 0.15) is 47.5 Å². The highest BCUT2D eigenvalue weighted by atomic mass is 15.2. The van der Waals surface area contributed by atoms with Gasteiger partial charge in [-0.2, -0.15) is 0 Å². The molecule has 0 spiro atoms. The molecule has 84 valence electrons. The van der Waals surface area contributed by atoms with E-state index in [1.54, 1.807) is 0 Å². The Morgan fingerprint density at radius 3 is 2.36 bits per heavy atom. The van der Waals surface area contributed by atoms with Crippen molar-refractivity contribution in [1.82, 2.24) is 4.90 Å². The van der Waals surface area contributed by atoms with E-state index in [1.807, 2.05) is 0 Å². The molecule has 0 aromatic heterocycles. The first kappa shape index (κ1) is 12.0. The molecule has 2 heteroatoms. The summed E-state index contributed by atoms with van der Waals surface area (Å²) in [6.07, 6.45) is 2.48. The van der Waals surface area contributed by atoms with Crippen LogP contribution in [0.25, 0.3) is 0 Å². The molecule has 0 bridgehead atoms. The van der Waals surface area contributed by atoms with Crippen molar-refractivity contribution in [3.8, 4) is 0 Å². The Morgan fingerprint density at radius 2 is 1.93 bits per heavy atom. The van der Waals surface area contributed by atoms with Gasteiger partial charge in [0, 0.05) is 24.2 Å². The molecule has 0 saturated carbocycles. The van der Waals surface area contributed by atoms with Crippen LogP contribution in [0.5, 0.6) is 0 Å². The van der Waals surface area contributed by atoms with Gasteiger partial charge in [0.2, 0.25) is 0 Å². The van der Waals surface area contributed by atoms with Gasteiger partial charge in [-0.25, -0.2) is 0 Å². The van der Waals surface area contributed by atoms with Crippen molar-refractivity contribution in [3.63, 3.8) is 0 Å². The fourth-order valence-corrected chi connectivity index (χ4v) is 2.70. The number of rotatable bonds is 1. The molecule has 1 aliphatic rings. The molecule has 2 nitrogen and oxygen atoms in total. The fourth-order valence-electron chi connectivity index (χ4n) is 2.70. The van der Waals surface area contributed by atoms with Gasteiger partial charge in [0.1, 0.15) is 0 Å². The van der Waals surface area contributed by atoms with E-state index < -0.39 is 0 Å². The minimum absolute atomic E-state index is 0.260. The summed E-state index contributed by atoms with van der Waals surface area (Å²) in [5.74, 6) is 0.726. The summed E-state index contributed by atoms with van der Waals surface area (Å²) in [6.45, 7) is 12.5. The number of likely N-dealkylation sites (tertiary alicyclic amines) is 1. The first-order valence-electron chi connectivity index (χ1n) is 5.88. The van der Waals surface area contributed by atoms with Crippen LogP contribution in [0.4, 0.5) is 0 Å². The molecule has 14 heavy (non-hydrogen) atoms. The number of hydrogen-bond donors (Lipinski definition) is 1. The normalized spacial score (nSPS) is 36.0. The van der Waals surface area contributed by atoms with Crippen LogP contribution in [0, 0.1) is 5.92 Å². The predicted octanol–water partition coefficient (Wildman–Crippen LogP) is 2.23. The van der Waals surface area contributed by atoms with E-state index in [4.69, 9.17) is 5.73 Å². The lowest BCUT2D eigenvalue weighted by Crippen LogP contribution is -2.58. The molecule has 1 fully saturated rings. The van der Waals surface area contributed by atoms with E-state index in [1.165, 1.54) is 12.8 Å². The average molecular weight is 198 g/mol. The van der Waals surface area contributed by atoms with E-state index in [0.717, 1.165) is 12.5 Å². The molecule has 3 unspecified atom stereocenters. The molecule has 0 amide bonds. The molecule has 0 radical (unpaired) electrons. The molecule has 0 aromatic carbocycles. The van der Waals surface area contributed by atoms with Crippen molar-refractivity contribution >= 4 is 0 Å². The number of hydrogen-bond acceptors (Lipinski definition) is 2. The maximum absolute atomic E-state index is 6.20. The van der Waals surface area contributed by atoms with Gasteiger partial charge >= 0.3 is 0 Å². The van der Waals surface area contributed by atoms with Crippen molar-refractivity contribution in [2.75, 3.05) is 6.54 Å². The van der Waals surface area contributed by atoms with Gasteiger partial charge in [-0.3, -0.25) is 4.90 Å². The summed E-state index contributed by atoms with van der Waals surface area (Å²) in [5, 5.41) is 0. The summed E-state index contributed by atoms with van der Waals surface area (Å²) in [7, 11) is 0. The molecular weight excluding hydrogens is 172 g/mol. The second-order valence-electron chi connectivity index (χ2n) is 5.74. The lowest BCUT2D eigenvalue weighted by Gasteiger charge is -2.48. The lowest BCUT2D eigenvalue weighted by atomic mass is 9.83. The van der Waals surface area contributed by atoms with Crippen LogP contribution in [0.3, 0.4) is 0 Å². The van der Waals surface area contributed by atoms with Gasteiger partial charge in [-0.1, -0.05) is 13.3 Å². The maximum atomic E-state index is 6.20. The van der Waals surface area contributed by atoms with E-state index in [9.17, 15) is 0 Å². The van der Waals surface area contributed by atoms with Gasteiger partial charge < -0.3 is 5.73 Å². The third-order valence-corrected chi connectivity index (χ3v) is 3.57. The highest BCUT2D eigenvalue weighted by molar-refractivity contribution is 4.92. The number of piperidine rings is 1. The fraction of sp³-hybridized carbons (Fsp3) is 1.00. The van der Waals surface area contributed by atoms with Crippen molar-refractivity contribution in [3.05, 3.63) is 0 Å². The Morgan fingerprint density at radius 1 is 1.36 bits per heavy atom. The van der Waals surface area contributed by atoms with E-state index >= 15 is 0 Å². The molecule has 0 aliphatic carbocycles. The van der Waals surface area contributed by atoms with Gasteiger partial charge in [0.15, 0.2) is 0 Å². The smallest absolute Gasteiger partial charge is 0.0197 e. The van der Waals surface area contributed by atoms with E-state index in [0.29, 0.717) is 12.1 Å². The maximum Gasteiger partial charge on any atom is 0.0197 e. The third-order valence-electron chi connectivity index (χ3n) is 3.57. The number of nitrogens with zero attached hydrogens (tertiary/aromatic N) is 1. The molecule has 3 atom stereocenters. The molecule has 2 N–H and O–H groups in total. The van der Waals surface area contributed by atoms with Gasteiger partial charge in [0.25, 0.3) is 0 Å². The predicted molar refractivity (Wildman–Crippen MR) is 62.3 cm³/mol. The molecule has 1 aliphatic heterocycles. The zero-order valence-electron chi connectivity index (χ0n) is 10.4. The van der Waals surface area contributed by atoms with Crippen LogP contribution in [-0.2, 0) is 0 Å². The standard InChI is InChI=1S/C12H26N2/c1-6-10-7-9(2)14(8-11(10)13)12(3,4)5/h9-11H,6-8,13H2,1-5H3. The number of nitrogens with two attached hydrogens (primary N) is 1. The largest absolute Gasteiger partial charge is 0.326 e. The summed E-state index contributed by atoms with van der Waals surface area (Å²) >= 11 is 0. The van der Waals surface area contributed by atoms with Gasteiger partial charge in [-0.15, -0.1) is 0 Å². The van der Waals surface area contributed by atoms with E-state index in [2.05, 4.69) is 39.5 Å². The minimum atomic E-state index is 0.260. The van der Waals surface area contributed by atoms with Crippen LogP contribution in [0.2, 0.25) is 0 Å². The van der Waals surface area contributed by atoms with Crippen molar-refractivity contribution < 1.29 is 0 Å². The summed E-state index contributed by atoms with van der Waals surface area (Å²) < 4.78 is 0. The van der Waals surface area contributed by atoms with Crippen LogP contribution in [0.15, 0.2) is 0 Å². The van der Waals surface area contributed by atoms with Crippen LogP contribution < -0.4 is 5.73 Å².